The topological polar surface area (TPSA) is 26.0 Å². The number of hydrogen-bond acceptors (Lipinski definition) is 1. The molecular formula is C10H9F4N. The van der Waals surface area contributed by atoms with Crippen molar-refractivity contribution in [2.75, 3.05) is 5.73 Å². The number of alkyl halides is 3. The van der Waals surface area contributed by atoms with E-state index in [2.05, 4.69) is 0 Å². The quantitative estimate of drug-likeness (QED) is 0.569. The van der Waals surface area contributed by atoms with Gasteiger partial charge in [0.1, 0.15) is 5.82 Å². The number of halogens is 4. The Kier molecular flexibility index (Phi) is 2.13. The van der Waals surface area contributed by atoms with Crippen LogP contribution < -0.4 is 5.73 Å². The second-order valence-electron chi connectivity index (χ2n) is 3.73. The standard InChI is InChI=1S/C10H9F4N/c11-8-4-7(10(12,13)14)6(3-9(8)15)5-1-2-5/h3-5H,1-2,15H2. The Hall–Kier alpha value is -1.26. The smallest absolute Gasteiger partial charge is 0.396 e. The van der Waals surface area contributed by atoms with E-state index in [9.17, 15) is 17.6 Å². The maximum absolute atomic E-state index is 12.9. The minimum atomic E-state index is -4.51. The highest BCUT2D eigenvalue weighted by atomic mass is 19.4. The van der Waals surface area contributed by atoms with Crippen molar-refractivity contribution in [1.82, 2.24) is 0 Å². The van der Waals surface area contributed by atoms with Crippen LogP contribution in [0.2, 0.25) is 0 Å². The van der Waals surface area contributed by atoms with E-state index in [0.29, 0.717) is 18.9 Å². The van der Waals surface area contributed by atoms with E-state index >= 15 is 0 Å². The van der Waals surface area contributed by atoms with Crippen LogP contribution in [0.15, 0.2) is 12.1 Å². The molecule has 1 aliphatic carbocycles. The SMILES string of the molecule is Nc1cc(C2CC2)c(C(F)(F)F)cc1F. The summed E-state index contributed by atoms with van der Waals surface area (Å²) in [6.07, 6.45) is -3.07. The Morgan fingerprint density at radius 3 is 2.27 bits per heavy atom. The predicted molar refractivity (Wildman–Crippen MR) is 47.8 cm³/mol. The molecule has 0 atom stereocenters. The number of nitrogen functional groups attached to an aromatic ring is 1. The molecule has 0 aromatic heterocycles. The first-order chi connectivity index (χ1) is 6.89. The fourth-order valence-electron chi connectivity index (χ4n) is 1.59. The lowest BCUT2D eigenvalue weighted by atomic mass is 10.0. The van der Waals surface area contributed by atoms with Crippen molar-refractivity contribution in [3.05, 3.63) is 29.1 Å². The molecule has 0 aliphatic heterocycles. The van der Waals surface area contributed by atoms with Crippen molar-refractivity contribution in [2.24, 2.45) is 0 Å². The second-order valence-corrected chi connectivity index (χ2v) is 3.73. The Labute approximate surface area is 83.9 Å². The molecule has 5 heteroatoms. The summed E-state index contributed by atoms with van der Waals surface area (Å²) in [6, 6.07) is 1.60. The van der Waals surface area contributed by atoms with Gasteiger partial charge in [0.2, 0.25) is 0 Å². The van der Waals surface area contributed by atoms with Crippen molar-refractivity contribution >= 4 is 5.69 Å². The van der Waals surface area contributed by atoms with Crippen LogP contribution in [-0.2, 0) is 6.18 Å². The first kappa shape index (κ1) is 10.3. The highest BCUT2D eigenvalue weighted by Gasteiger charge is 2.38. The lowest BCUT2D eigenvalue weighted by Gasteiger charge is -2.13. The number of hydrogen-bond donors (Lipinski definition) is 1. The van der Waals surface area contributed by atoms with E-state index in [1.54, 1.807) is 0 Å². The van der Waals surface area contributed by atoms with E-state index in [4.69, 9.17) is 5.73 Å². The van der Waals surface area contributed by atoms with Gasteiger partial charge in [-0.15, -0.1) is 0 Å². The molecule has 1 aromatic carbocycles. The summed E-state index contributed by atoms with van der Waals surface area (Å²) in [4.78, 5) is 0. The lowest BCUT2D eigenvalue weighted by Crippen LogP contribution is -2.10. The normalized spacial score (nSPS) is 16.8. The molecule has 2 rings (SSSR count). The minimum absolute atomic E-state index is 0.107. The molecule has 1 fully saturated rings. The van der Waals surface area contributed by atoms with E-state index < -0.39 is 17.6 Å². The third-order valence-corrected chi connectivity index (χ3v) is 2.49. The average Bonchev–Trinajstić information content (AvgIpc) is 2.89. The summed E-state index contributed by atoms with van der Waals surface area (Å²) in [5.41, 5.74) is 4.27. The summed E-state index contributed by atoms with van der Waals surface area (Å²) in [7, 11) is 0. The summed E-state index contributed by atoms with van der Waals surface area (Å²) in [6.45, 7) is 0. The molecule has 0 heterocycles. The molecule has 0 amide bonds. The van der Waals surface area contributed by atoms with Crippen molar-refractivity contribution in [2.45, 2.75) is 24.9 Å². The molecule has 2 N–H and O–H groups in total. The molecule has 0 radical (unpaired) electrons. The number of anilines is 1. The Morgan fingerprint density at radius 2 is 1.80 bits per heavy atom. The molecular weight excluding hydrogens is 210 g/mol. The Bertz CT molecular complexity index is 393. The summed E-state index contributed by atoms with van der Waals surface area (Å²) >= 11 is 0. The third kappa shape index (κ3) is 1.91. The largest absolute Gasteiger partial charge is 0.416 e. The van der Waals surface area contributed by atoms with Gasteiger partial charge < -0.3 is 5.73 Å². The third-order valence-electron chi connectivity index (χ3n) is 2.49. The highest BCUT2D eigenvalue weighted by Crippen LogP contribution is 2.46. The molecule has 15 heavy (non-hydrogen) atoms. The molecule has 1 aromatic rings. The first-order valence-corrected chi connectivity index (χ1v) is 4.55. The van der Waals surface area contributed by atoms with E-state index in [0.717, 1.165) is 6.07 Å². The first-order valence-electron chi connectivity index (χ1n) is 4.55. The highest BCUT2D eigenvalue weighted by molar-refractivity contribution is 5.49. The monoisotopic (exact) mass is 219 g/mol. The summed E-state index contributed by atoms with van der Waals surface area (Å²) in [5.74, 6) is -1.11. The molecule has 0 saturated heterocycles. The minimum Gasteiger partial charge on any atom is -0.396 e. The fraction of sp³-hybridized carbons (Fsp3) is 0.400. The van der Waals surface area contributed by atoms with Crippen molar-refractivity contribution in [3.63, 3.8) is 0 Å². The molecule has 1 saturated carbocycles. The number of rotatable bonds is 1. The van der Waals surface area contributed by atoms with Crippen LogP contribution in [0.4, 0.5) is 23.2 Å². The van der Waals surface area contributed by atoms with Crippen LogP contribution >= 0.6 is 0 Å². The van der Waals surface area contributed by atoms with Crippen LogP contribution in [0.5, 0.6) is 0 Å². The van der Waals surface area contributed by atoms with Gasteiger partial charge in [-0.05, 0) is 36.5 Å². The van der Waals surface area contributed by atoms with Crippen LogP contribution in [0.1, 0.15) is 29.9 Å². The number of benzene rings is 1. The van der Waals surface area contributed by atoms with Crippen molar-refractivity contribution in [1.29, 1.82) is 0 Å². The second kappa shape index (κ2) is 3.12. The maximum Gasteiger partial charge on any atom is 0.416 e. The maximum atomic E-state index is 12.9. The van der Waals surface area contributed by atoms with Gasteiger partial charge in [-0.25, -0.2) is 4.39 Å². The molecule has 1 nitrogen and oxygen atoms in total. The predicted octanol–water partition coefficient (Wildman–Crippen LogP) is 3.30. The van der Waals surface area contributed by atoms with Gasteiger partial charge in [0.25, 0.3) is 0 Å². The van der Waals surface area contributed by atoms with Gasteiger partial charge in [0, 0.05) is 0 Å². The molecule has 0 bridgehead atoms. The molecule has 0 unspecified atom stereocenters. The van der Waals surface area contributed by atoms with Crippen molar-refractivity contribution < 1.29 is 17.6 Å². The fourth-order valence-corrected chi connectivity index (χ4v) is 1.59. The van der Waals surface area contributed by atoms with Gasteiger partial charge in [0.15, 0.2) is 0 Å². The van der Waals surface area contributed by atoms with Crippen LogP contribution in [0.3, 0.4) is 0 Å². The zero-order valence-corrected chi connectivity index (χ0v) is 7.74. The Balaban J connectivity index is 2.55. The molecule has 1 aliphatic rings. The summed E-state index contributed by atoms with van der Waals surface area (Å²) in [5, 5.41) is 0. The van der Waals surface area contributed by atoms with Crippen LogP contribution in [-0.4, -0.2) is 0 Å². The lowest BCUT2D eigenvalue weighted by molar-refractivity contribution is -0.138. The van der Waals surface area contributed by atoms with Crippen molar-refractivity contribution in [3.8, 4) is 0 Å². The average molecular weight is 219 g/mol. The Morgan fingerprint density at radius 1 is 1.20 bits per heavy atom. The van der Waals surface area contributed by atoms with Gasteiger partial charge in [-0.2, -0.15) is 13.2 Å². The van der Waals surface area contributed by atoms with Crippen LogP contribution in [0, 0.1) is 5.82 Å². The van der Waals surface area contributed by atoms with E-state index in [-0.39, 0.29) is 17.2 Å². The molecule has 82 valence electrons. The van der Waals surface area contributed by atoms with Gasteiger partial charge in [-0.1, -0.05) is 0 Å². The number of nitrogens with two attached hydrogens (primary N) is 1. The molecule has 0 spiro atoms. The van der Waals surface area contributed by atoms with Crippen LogP contribution in [0.25, 0.3) is 0 Å². The van der Waals surface area contributed by atoms with E-state index in [1.165, 1.54) is 0 Å². The van der Waals surface area contributed by atoms with Gasteiger partial charge in [0.05, 0.1) is 11.3 Å². The van der Waals surface area contributed by atoms with Gasteiger partial charge in [-0.3, -0.25) is 0 Å². The summed E-state index contributed by atoms with van der Waals surface area (Å²) < 4.78 is 50.6. The van der Waals surface area contributed by atoms with Gasteiger partial charge >= 0.3 is 6.18 Å². The zero-order valence-electron chi connectivity index (χ0n) is 7.74. The van der Waals surface area contributed by atoms with E-state index in [1.807, 2.05) is 0 Å². The zero-order chi connectivity index (χ0) is 11.2.